The molecule has 10 nitrogen and oxygen atoms in total. The number of hydrogen-bond donors (Lipinski definition) is 3. The van der Waals surface area contributed by atoms with E-state index in [0.717, 1.165) is 12.8 Å². The van der Waals surface area contributed by atoms with Crippen LogP contribution in [0, 0.1) is 23.7 Å². The van der Waals surface area contributed by atoms with Gasteiger partial charge in [-0.05, 0) is 77.0 Å². The molecule has 3 fully saturated rings. The molecular formula is C22H36N2O8. The van der Waals surface area contributed by atoms with Crippen molar-refractivity contribution in [3.05, 3.63) is 0 Å². The molecular weight excluding hydrogens is 420 g/mol. The number of aliphatic hydroxyl groups excluding tert-OH is 1. The first kappa shape index (κ1) is 24.9. The van der Waals surface area contributed by atoms with E-state index in [1.165, 1.54) is 0 Å². The molecule has 0 spiro atoms. The number of aliphatic hydroxyl groups is 1. The van der Waals surface area contributed by atoms with E-state index < -0.39 is 12.3 Å². The summed E-state index contributed by atoms with van der Waals surface area (Å²) < 4.78 is 11.6. The second kappa shape index (κ2) is 11.9. The van der Waals surface area contributed by atoms with Crippen molar-refractivity contribution in [1.82, 2.24) is 0 Å². The normalized spacial score (nSPS) is 34.2. The molecule has 182 valence electrons. The molecule has 0 aromatic rings. The molecule has 0 heterocycles. The van der Waals surface area contributed by atoms with Crippen LogP contribution in [0.5, 0.6) is 0 Å². The first-order chi connectivity index (χ1) is 15.4. The van der Waals surface area contributed by atoms with Gasteiger partial charge in [0.15, 0.2) is 6.29 Å². The van der Waals surface area contributed by atoms with E-state index >= 15 is 0 Å². The second-order valence-electron chi connectivity index (χ2n) is 9.40. The Morgan fingerprint density at radius 3 is 1.50 bits per heavy atom. The van der Waals surface area contributed by atoms with Crippen molar-refractivity contribution in [2.24, 2.45) is 35.5 Å². The minimum atomic E-state index is -0.854. The van der Waals surface area contributed by atoms with Crippen LogP contribution in [0.1, 0.15) is 77.0 Å². The molecule has 1 atom stereocenters. The van der Waals surface area contributed by atoms with E-state index in [4.69, 9.17) is 21.3 Å². The van der Waals surface area contributed by atoms with Gasteiger partial charge in [0.1, 0.15) is 6.10 Å². The Labute approximate surface area is 188 Å². The monoisotopic (exact) mass is 456 g/mol. The SMILES string of the molecule is NOC(=O)C1CCC(OC(O)C2CCC(OC(=O)C3CCC(C(=O)ON)CC3)CC2)CC1. The van der Waals surface area contributed by atoms with Gasteiger partial charge in [-0.2, -0.15) is 11.8 Å². The van der Waals surface area contributed by atoms with Gasteiger partial charge in [-0.3, -0.25) is 14.4 Å². The predicted octanol–water partition coefficient (Wildman–Crippen LogP) is 1.62. The highest BCUT2D eigenvalue weighted by Gasteiger charge is 2.35. The average molecular weight is 457 g/mol. The van der Waals surface area contributed by atoms with E-state index in [1.54, 1.807) is 0 Å². The smallest absolute Gasteiger partial charge is 0.327 e. The summed E-state index contributed by atoms with van der Waals surface area (Å²) in [5, 5.41) is 10.5. The highest BCUT2D eigenvalue weighted by molar-refractivity contribution is 5.75. The quantitative estimate of drug-likeness (QED) is 0.292. The molecule has 0 bridgehead atoms. The molecule has 3 saturated carbocycles. The number of rotatable bonds is 7. The summed E-state index contributed by atoms with van der Waals surface area (Å²) >= 11 is 0. The van der Waals surface area contributed by atoms with Crippen molar-refractivity contribution < 1.29 is 38.6 Å². The van der Waals surface area contributed by atoms with E-state index in [1.807, 2.05) is 0 Å². The number of carbonyl (C=O) groups excluding carboxylic acids is 3. The maximum absolute atomic E-state index is 12.5. The molecule has 3 aliphatic carbocycles. The molecule has 0 aliphatic heterocycles. The van der Waals surface area contributed by atoms with Crippen LogP contribution in [0.2, 0.25) is 0 Å². The van der Waals surface area contributed by atoms with Gasteiger partial charge in [0, 0.05) is 5.92 Å². The summed E-state index contributed by atoms with van der Waals surface area (Å²) in [6, 6.07) is 0. The Morgan fingerprint density at radius 2 is 1.03 bits per heavy atom. The van der Waals surface area contributed by atoms with Gasteiger partial charge in [-0.25, -0.2) is 0 Å². The van der Waals surface area contributed by atoms with Crippen molar-refractivity contribution in [3.63, 3.8) is 0 Å². The minimum absolute atomic E-state index is 0.00870. The van der Waals surface area contributed by atoms with Gasteiger partial charge in [0.2, 0.25) is 0 Å². The summed E-state index contributed by atoms with van der Waals surface area (Å²) in [6.07, 6.45) is 6.81. The fourth-order valence-electron chi connectivity index (χ4n) is 5.25. The first-order valence-electron chi connectivity index (χ1n) is 11.8. The van der Waals surface area contributed by atoms with Crippen molar-refractivity contribution in [3.8, 4) is 0 Å². The summed E-state index contributed by atoms with van der Waals surface area (Å²) in [5.41, 5.74) is 0. The van der Waals surface area contributed by atoms with Crippen LogP contribution >= 0.6 is 0 Å². The predicted molar refractivity (Wildman–Crippen MR) is 111 cm³/mol. The topological polar surface area (TPSA) is 160 Å². The third-order valence-corrected chi connectivity index (χ3v) is 7.37. The van der Waals surface area contributed by atoms with Crippen LogP contribution in [0.25, 0.3) is 0 Å². The third kappa shape index (κ3) is 6.63. The lowest BCUT2D eigenvalue weighted by molar-refractivity contribution is -0.186. The van der Waals surface area contributed by atoms with Crippen LogP contribution in [-0.4, -0.2) is 41.5 Å². The van der Waals surface area contributed by atoms with Crippen molar-refractivity contribution in [1.29, 1.82) is 0 Å². The van der Waals surface area contributed by atoms with Crippen LogP contribution in [0.3, 0.4) is 0 Å². The molecule has 0 amide bonds. The first-order valence-corrected chi connectivity index (χ1v) is 11.8. The summed E-state index contributed by atoms with van der Waals surface area (Å²) in [5.74, 6) is 8.29. The molecule has 5 N–H and O–H groups in total. The summed E-state index contributed by atoms with van der Waals surface area (Å²) in [4.78, 5) is 44.1. The van der Waals surface area contributed by atoms with E-state index in [9.17, 15) is 19.5 Å². The average Bonchev–Trinajstić information content (AvgIpc) is 2.84. The van der Waals surface area contributed by atoms with E-state index in [0.29, 0.717) is 64.2 Å². The van der Waals surface area contributed by atoms with Crippen molar-refractivity contribution in [2.45, 2.75) is 95.5 Å². The third-order valence-electron chi connectivity index (χ3n) is 7.37. The van der Waals surface area contributed by atoms with Crippen LogP contribution in [-0.2, 0) is 33.5 Å². The standard InChI is InChI=1S/C22H36N2O8/c23-31-21(27)15-3-1-13(2-4-15)19(25)29-17-9-5-14(6-10-17)20(26)30-18-11-7-16(8-12-18)22(28)32-24/h13-18,20,26H,1-12,23-24H2. The molecule has 1 unspecified atom stereocenters. The van der Waals surface area contributed by atoms with Crippen molar-refractivity contribution in [2.75, 3.05) is 0 Å². The van der Waals surface area contributed by atoms with E-state index in [-0.39, 0.29) is 47.8 Å². The van der Waals surface area contributed by atoms with Gasteiger partial charge in [-0.15, -0.1) is 0 Å². The molecule has 3 aliphatic rings. The number of ether oxygens (including phenoxy) is 2. The maximum atomic E-state index is 12.5. The van der Waals surface area contributed by atoms with Gasteiger partial charge < -0.3 is 24.3 Å². The van der Waals surface area contributed by atoms with Gasteiger partial charge in [-0.1, -0.05) is 0 Å². The maximum Gasteiger partial charge on any atom is 0.327 e. The zero-order valence-corrected chi connectivity index (χ0v) is 18.5. The molecule has 0 aromatic carbocycles. The number of hydrogen-bond acceptors (Lipinski definition) is 10. The zero-order valence-electron chi connectivity index (χ0n) is 18.5. The minimum Gasteiger partial charge on any atom is -0.462 e. The van der Waals surface area contributed by atoms with Gasteiger partial charge in [0.25, 0.3) is 0 Å². The molecule has 10 heteroatoms. The molecule has 0 radical (unpaired) electrons. The fraction of sp³-hybridized carbons (Fsp3) is 0.864. The second-order valence-corrected chi connectivity index (χ2v) is 9.40. The lowest BCUT2D eigenvalue weighted by atomic mass is 9.82. The van der Waals surface area contributed by atoms with Gasteiger partial charge >= 0.3 is 17.9 Å². The molecule has 0 saturated heterocycles. The molecule has 3 rings (SSSR count). The largest absolute Gasteiger partial charge is 0.462 e. The Kier molecular flexibility index (Phi) is 9.27. The number of nitrogens with two attached hydrogens (primary N) is 2. The fourth-order valence-corrected chi connectivity index (χ4v) is 5.25. The number of carbonyl (C=O) groups is 3. The highest BCUT2D eigenvalue weighted by Crippen LogP contribution is 2.35. The van der Waals surface area contributed by atoms with Crippen LogP contribution < -0.4 is 11.8 Å². The highest BCUT2D eigenvalue weighted by atomic mass is 16.7. The summed E-state index contributed by atoms with van der Waals surface area (Å²) in [7, 11) is 0. The van der Waals surface area contributed by atoms with Crippen molar-refractivity contribution >= 4 is 17.9 Å². The Morgan fingerprint density at radius 1 is 0.625 bits per heavy atom. The molecule has 0 aromatic heterocycles. The number of esters is 1. The zero-order chi connectivity index (χ0) is 23.1. The van der Waals surface area contributed by atoms with Gasteiger partial charge in [0.05, 0.1) is 23.9 Å². The van der Waals surface area contributed by atoms with Crippen LogP contribution in [0.4, 0.5) is 0 Å². The summed E-state index contributed by atoms with van der Waals surface area (Å²) in [6.45, 7) is 0. The molecule has 32 heavy (non-hydrogen) atoms. The Hall–Kier alpha value is -1.75. The lowest BCUT2D eigenvalue weighted by Gasteiger charge is -2.35. The van der Waals surface area contributed by atoms with E-state index in [2.05, 4.69) is 9.68 Å². The Balaban J connectivity index is 1.33. The van der Waals surface area contributed by atoms with Crippen LogP contribution in [0.15, 0.2) is 0 Å². The lowest BCUT2D eigenvalue weighted by Crippen LogP contribution is -2.37. The Bertz CT molecular complexity index is 636.